The largest absolute Gasteiger partial charge is 0.493 e. The number of imide groups is 1. The molecule has 32 heavy (non-hydrogen) atoms. The van der Waals surface area contributed by atoms with Gasteiger partial charge in [-0.2, -0.15) is 18.9 Å². The number of nitrogens with zero attached hydrogens (tertiary/aromatic N) is 3. The third-order valence-corrected chi connectivity index (χ3v) is 4.79. The van der Waals surface area contributed by atoms with Crippen molar-refractivity contribution in [2.75, 3.05) is 7.11 Å². The molecule has 0 radical (unpaired) electrons. The van der Waals surface area contributed by atoms with Crippen LogP contribution in [0, 0.1) is 10.1 Å². The number of methoxy groups -OCH3 is 1. The van der Waals surface area contributed by atoms with Crippen molar-refractivity contribution in [3.63, 3.8) is 0 Å². The standard InChI is InChI=1S/C21H13F2N3O6/c1-31-17-9-11(5-8-16(17)32-21(22)23)10-24-25-19(27)13-4-2-3-12-15(26(29)30)7-6-14(18(12)13)20(25)28/h2-10,21H,1H3. The number of amides is 2. The molecule has 4 rings (SSSR count). The van der Waals surface area contributed by atoms with Crippen LogP contribution < -0.4 is 9.47 Å². The lowest BCUT2D eigenvalue weighted by molar-refractivity contribution is -0.383. The van der Waals surface area contributed by atoms with Gasteiger partial charge in [-0.3, -0.25) is 19.7 Å². The molecule has 0 unspecified atom stereocenters. The van der Waals surface area contributed by atoms with E-state index in [0.29, 0.717) is 10.6 Å². The number of hydrogen-bond acceptors (Lipinski definition) is 7. The zero-order chi connectivity index (χ0) is 23.0. The van der Waals surface area contributed by atoms with Crippen LogP contribution >= 0.6 is 0 Å². The van der Waals surface area contributed by atoms with Gasteiger partial charge in [-0.05, 0) is 42.0 Å². The number of benzene rings is 3. The summed E-state index contributed by atoms with van der Waals surface area (Å²) in [6, 6.07) is 10.9. The summed E-state index contributed by atoms with van der Waals surface area (Å²) in [6.07, 6.45) is 1.18. The van der Waals surface area contributed by atoms with Crippen molar-refractivity contribution in [2.24, 2.45) is 5.10 Å². The Morgan fingerprint density at radius 1 is 1.06 bits per heavy atom. The first kappa shape index (κ1) is 20.8. The average molecular weight is 441 g/mol. The highest BCUT2D eigenvalue weighted by Gasteiger charge is 2.34. The molecule has 3 aromatic rings. The molecule has 0 saturated carbocycles. The van der Waals surface area contributed by atoms with E-state index in [2.05, 4.69) is 9.84 Å². The number of carbonyl (C=O) groups excluding carboxylic acids is 2. The van der Waals surface area contributed by atoms with E-state index in [-0.39, 0.29) is 39.1 Å². The zero-order valence-electron chi connectivity index (χ0n) is 16.3. The summed E-state index contributed by atoms with van der Waals surface area (Å²) in [7, 11) is 1.27. The lowest BCUT2D eigenvalue weighted by Crippen LogP contribution is -2.36. The molecule has 162 valence electrons. The number of hydrogen-bond donors (Lipinski definition) is 0. The van der Waals surface area contributed by atoms with Gasteiger partial charge in [0.15, 0.2) is 11.5 Å². The molecule has 0 bridgehead atoms. The molecule has 0 fully saturated rings. The van der Waals surface area contributed by atoms with Crippen molar-refractivity contribution in [1.82, 2.24) is 5.01 Å². The van der Waals surface area contributed by atoms with Crippen LogP contribution in [-0.4, -0.2) is 41.7 Å². The molecule has 0 aromatic heterocycles. The van der Waals surface area contributed by atoms with Crippen molar-refractivity contribution in [3.05, 3.63) is 75.3 Å². The van der Waals surface area contributed by atoms with Crippen LogP contribution in [0.3, 0.4) is 0 Å². The molecule has 3 aromatic carbocycles. The summed E-state index contributed by atoms with van der Waals surface area (Å²) in [4.78, 5) is 36.5. The van der Waals surface area contributed by atoms with Gasteiger partial charge in [0.1, 0.15) is 0 Å². The van der Waals surface area contributed by atoms with Crippen molar-refractivity contribution in [3.8, 4) is 11.5 Å². The van der Waals surface area contributed by atoms with Crippen LogP contribution in [0.5, 0.6) is 11.5 Å². The van der Waals surface area contributed by atoms with Crippen LogP contribution in [0.2, 0.25) is 0 Å². The highest BCUT2D eigenvalue weighted by Crippen LogP contribution is 2.35. The van der Waals surface area contributed by atoms with Crippen molar-refractivity contribution in [1.29, 1.82) is 0 Å². The Hall–Kier alpha value is -4.41. The molecule has 0 N–H and O–H groups in total. The number of nitro groups is 1. The van der Waals surface area contributed by atoms with Crippen LogP contribution in [0.25, 0.3) is 10.8 Å². The summed E-state index contributed by atoms with van der Waals surface area (Å²) < 4.78 is 34.3. The second-order valence-corrected chi connectivity index (χ2v) is 6.57. The van der Waals surface area contributed by atoms with Gasteiger partial charge in [0.2, 0.25) is 0 Å². The average Bonchev–Trinajstić information content (AvgIpc) is 2.77. The topological polar surface area (TPSA) is 111 Å². The van der Waals surface area contributed by atoms with Crippen LogP contribution in [0.1, 0.15) is 26.3 Å². The molecule has 1 heterocycles. The van der Waals surface area contributed by atoms with Crippen LogP contribution in [0.15, 0.2) is 53.6 Å². The van der Waals surface area contributed by atoms with E-state index in [1.54, 1.807) is 0 Å². The van der Waals surface area contributed by atoms with E-state index in [4.69, 9.17) is 4.74 Å². The van der Waals surface area contributed by atoms with Crippen molar-refractivity contribution < 1.29 is 32.8 Å². The number of ether oxygens (including phenoxy) is 2. The summed E-state index contributed by atoms with van der Waals surface area (Å²) in [6.45, 7) is -3.04. The number of rotatable bonds is 6. The fraction of sp³-hybridized carbons (Fsp3) is 0.0952. The predicted octanol–water partition coefficient (Wildman–Crippen LogP) is 3.99. The Balaban J connectivity index is 1.71. The van der Waals surface area contributed by atoms with Crippen molar-refractivity contribution in [2.45, 2.75) is 6.61 Å². The molecule has 0 atom stereocenters. The van der Waals surface area contributed by atoms with E-state index >= 15 is 0 Å². The van der Waals surface area contributed by atoms with E-state index in [0.717, 1.165) is 0 Å². The Labute approximate surface area is 178 Å². The second-order valence-electron chi connectivity index (χ2n) is 6.57. The molecule has 2 amide bonds. The van der Waals surface area contributed by atoms with Gasteiger partial charge in [0.05, 0.1) is 34.8 Å². The van der Waals surface area contributed by atoms with E-state index in [1.807, 2.05) is 0 Å². The van der Waals surface area contributed by atoms with Gasteiger partial charge >= 0.3 is 6.61 Å². The minimum Gasteiger partial charge on any atom is -0.493 e. The number of nitro benzene ring substituents is 1. The first-order chi connectivity index (χ1) is 15.3. The number of non-ortho nitro benzene ring substituents is 1. The summed E-state index contributed by atoms with van der Waals surface area (Å²) >= 11 is 0. The number of halogens is 2. The van der Waals surface area contributed by atoms with Crippen LogP contribution in [-0.2, 0) is 0 Å². The Kier molecular flexibility index (Phi) is 5.23. The maximum atomic E-state index is 12.9. The number of hydrazone groups is 1. The smallest absolute Gasteiger partial charge is 0.387 e. The minimum absolute atomic E-state index is 0.00738. The Morgan fingerprint density at radius 3 is 2.44 bits per heavy atom. The summed E-state index contributed by atoms with van der Waals surface area (Å²) in [5.74, 6) is -1.69. The molecule has 0 saturated heterocycles. The monoisotopic (exact) mass is 441 g/mol. The van der Waals surface area contributed by atoms with E-state index < -0.39 is 23.3 Å². The highest BCUT2D eigenvalue weighted by molar-refractivity contribution is 6.26. The molecule has 0 spiro atoms. The number of alkyl halides is 2. The van der Waals surface area contributed by atoms with Gasteiger partial charge in [-0.1, -0.05) is 6.07 Å². The molecule has 1 aliphatic rings. The summed E-state index contributed by atoms with van der Waals surface area (Å²) in [5, 5.41) is 16.3. The number of carbonyl (C=O) groups is 2. The maximum absolute atomic E-state index is 12.9. The molecule has 9 nitrogen and oxygen atoms in total. The van der Waals surface area contributed by atoms with Gasteiger partial charge in [0, 0.05) is 11.5 Å². The lowest BCUT2D eigenvalue weighted by Gasteiger charge is -2.23. The molecule has 1 aliphatic heterocycles. The maximum Gasteiger partial charge on any atom is 0.387 e. The van der Waals surface area contributed by atoms with Gasteiger partial charge in [-0.15, -0.1) is 0 Å². The first-order valence-electron chi connectivity index (χ1n) is 9.07. The molecule has 11 heteroatoms. The zero-order valence-corrected chi connectivity index (χ0v) is 16.3. The lowest BCUT2D eigenvalue weighted by atomic mass is 9.94. The van der Waals surface area contributed by atoms with Crippen LogP contribution in [0.4, 0.5) is 14.5 Å². The second kappa shape index (κ2) is 8.02. The predicted molar refractivity (Wildman–Crippen MR) is 108 cm³/mol. The SMILES string of the molecule is COc1cc(C=NN2C(=O)c3cccc4c([N+](=O)[O-])ccc(c34)C2=O)ccc1OC(F)F. The Morgan fingerprint density at radius 2 is 1.78 bits per heavy atom. The molecular formula is C21H13F2N3O6. The van der Waals surface area contributed by atoms with E-state index in [9.17, 15) is 28.5 Å². The quantitative estimate of drug-likeness (QED) is 0.248. The van der Waals surface area contributed by atoms with Gasteiger partial charge in [-0.25, -0.2) is 0 Å². The molecular weight excluding hydrogens is 428 g/mol. The van der Waals surface area contributed by atoms with Gasteiger partial charge < -0.3 is 9.47 Å². The van der Waals surface area contributed by atoms with Gasteiger partial charge in [0.25, 0.3) is 17.5 Å². The normalized spacial score (nSPS) is 13.3. The van der Waals surface area contributed by atoms with E-state index in [1.165, 1.54) is 61.9 Å². The third kappa shape index (κ3) is 3.49. The fourth-order valence-electron chi connectivity index (χ4n) is 3.41. The van der Waals surface area contributed by atoms with Crippen molar-refractivity contribution >= 4 is 34.5 Å². The minimum atomic E-state index is -3.04. The fourth-order valence-corrected chi connectivity index (χ4v) is 3.41. The molecule has 0 aliphatic carbocycles. The highest BCUT2D eigenvalue weighted by atomic mass is 19.3. The Bertz CT molecular complexity index is 1290. The summed E-state index contributed by atoms with van der Waals surface area (Å²) in [5.41, 5.74) is 0.311. The first-order valence-corrected chi connectivity index (χ1v) is 9.07. The third-order valence-electron chi connectivity index (χ3n) is 4.79.